The van der Waals surface area contributed by atoms with Crippen LogP contribution >= 0.6 is 0 Å². The minimum Gasteiger partial charge on any atom is -0.458 e. The first kappa shape index (κ1) is 28.7. The second-order valence-electron chi connectivity index (χ2n) is 22.4. The van der Waals surface area contributed by atoms with Gasteiger partial charge in [0.05, 0.1) is 86.9 Å². The Morgan fingerprint density at radius 1 is 0.390 bits per heavy atom. The van der Waals surface area contributed by atoms with Crippen molar-refractivity contribution in [1.82, 2.24) is 14.1 Å². The van der Waals surface area contributed by atoms with Crippen LogP contribution in [-0.2, 0) is 0 Å². The molecule has 0 aliphatic heterocycles. The quantitative estimate of drug-likeness (QED) is 0.0418. The Kier molecular flexibility index (Phi) is 7.44. The fraction of sp³-hybridized carbons (Fsp3) is 0.0323. The highest BCUT2D eigenvalue weighted by molar-refractivity contribution is 7.22. The van der Waals surface area contributed by atoms with Crippen molar-refractivity contribution >= 4 is 90.5 Å². The largest absolute Gasteiger partial charge is 0.458 e. The second-order valence-corrected chi connectivity index (χ2v) is 29.5. The number of imidazole rings is 1. The van der Waals surface area contributed by atoms with Gasteiger partial charge in [-0.3, -0.25) is 13.7 Å². The van der Waals surface area contributed by atoms with Crippen molar-refractivity contribution in [1.29, 1.82) is 0 Å². The Morgan fingerprint density at radius 3 is 1.49 bits per heavy atom. The molecule has 17 rings (SSSR count). The summed E-state index contributed by atoms with van der Waals surface area (Å²) < 4.78 is 474. The summed E-state index contributed by atoms with van der Waals surface area (Å²) in [6.45, 7) is -9.59. The summed E-state index contributed by atoms with van der Waals surface area (Å²) in [7, 11) is -14.7. The molecule has 7 heteroatoms. The molecule has 0 unspecified atom stereocenters. The molecule has 0 spiro atoms. The Bertz CT molecular complexity index is 8260. The summed E-state index contributed by atoms with van der Waals surface area (Å²) >= 11 is 0. The molecule has 3 aromatic heterocycles. The predicted molar refractivity (Wildman–Crippen MR) is 420 cm³/mol. The van der Waals surface area contributed by atoms with Crippen LogP contribution in [0.15, 0.2) is 369 Å². The summed E-state index contributed by atoms with van der Waals surface area (Å²) in [6, 6.07) is -24.8. The van der Waals surface area contributed by atoms with Gasteiger partial charge in [-0.2, -0.15) is 0 Å². The lowest BCUT2D eigenvalue weighted by Gasteiger charge is -2.41. The van der Waals surface area contributed by atoms with E-state index in [1.165, 1.54) is 36.4 Å². The van der Waals surface area contributed by atoms with E-state index in [0.717, 1.165) is 63.9 Å². The number of benzene rings is 14. The van der Waals surface area contributed by atoms with Crippen molar-refractivity contribution in [2.24, 2.45) is 0 Å². The van der Waals surface area contributed by atoms with Crippen LogP contribution in [0, 0.1) is 26.9 Å². The number of aromatic nitrogens is 4. The van der Waals surface area contributed by atoms with E-state index in [-0.39, 0.29) is 39.6 Å². The monoisotopic (exact) mass is 1360 g/mol. The number of nitrogens with zero attached hydrogens (tertiary/aromatic N) is 4. The third kappa shape index (κ3) is 10.5. The predicted octanol–water partition coefficient (Wildman–Crippen LogP) is 16.7. The number of para-hydroxylation sites is 1. The first-order chi connectivity index (χ1) is 69.1. The standard InChI is InChI=1S/C93H70N4OSi2/c1-66-32-30-33-67(2)92(66)71-54-57-86-88(59-71)95(73-38-31-39-74(62-73)98-75-55-56-83-82-52-28-29-53-85(82)97(87(83)63-75)91-58-68(3)84(64-94-91)70-36-14-5-15-37-70)65-96(86)93-89(99(76-40-16-6-17-41-76,77-42-18-7-19-43-77)78-44-20-8-21-45-78)60-72(69-34-12-4-13-35-69)61-90(93)100(79-46-22-9-23-47-79,80-48-24-10-25-49-80)81-50-26-11-27-51-81/h4-64H,1-3H3/i1D3,2D3,3D3,4D,5D,6D,7D,8D,9D,10D,11D,12D,13D,14D,15D,16D,17D,18D,19D,20D,21D,22D,23D,24D,25D,26D,27D,34D,35D,36D,37D,40D,41D,42D,43D,44D,45D,46D,47D,48D,49D,50D. The van der Waals surface area contributed by atoms with E-state index in [2.05, 4.69) is 11.3 Å². The lowest BCUT2D eigenvalue weighted by Crippen LogP contribution is -2.80. The molecule has 0 radical (unpaired) electrons. The van der Waals surface area contributed by atoms with Gasteiger partial charge in [-0.1, -0.05) is 308 Å². The van der Waals surface area contributed by atoms with Gasteiger partial charge in [0.25, 0.3) is 6.33 Å². The zero-order valence-corrected chi connectivity index (χ0v) is 53.4. The minimum absolute atomic E-state index is 0.0686. The fourth-order valence-corrected chi connectivity index (χ4v) is 21.2. The van der Waals surface area contributed by atoms with E-state index in [4.69, 9.17) is 25.3 Å². The van der Waals surface area contributed by atoms with Gasteiger partial charge < -0.3 is 4.74 Å². The molecule has 0 aliphatic rings. The fourth-order valence-electron chi connectivity index (χ4n) is 13.0. The van der Waals surface area contributed by atoms with E-state index in [1.54, 1.807) is 34.9 Å². The van der Waals surface area contributed by atoms with Gasteiger partial charge in [0, 0.05) is 40.9 Å². The molecule has 14 aromatic carbocycles. The number of ether oxygens (including phenoxy) is 1. The first-order valence-electron chi connectivity index (χ1n) is 54.4. The average molecular weight is 1360 g/mol. The highest BCUT2D eigenvalue weighted by Gasteiger charge is 2.49. The zero-order valence-electron chi connectivity index (χ0n) is 99.4. The minimum atomic E-state index is -7.42. The molecule has 0 saturated heterocycles. The number of hydrogen-bond acceptors (Lipinski definition) is 2. The maximum absolute atomic E-state index is 10.6. The zero-order chi connectivity index (χ0) is 109. The first-order valence-corrected chi connectivity index (χ1v) is 34.4. The third-order valence-corrected chi connectivity index (χ3v) is 25.6. The molecular formula is C93H70N4OSi2. The van der Waals surface area contributed by atoms with Crippen LogP contribution < -0.4 is 50.8 Å². The SMILES string of the molecule is [2H]c1cc([Si](c2cc(-c3c([2H])c([2H])c([2H])c([2H])c3[2H])cc([Si](c3c([2H])c([2H])c([2H])c([2H])c3[2H])(c3c([2H])c([2H])c([2H])c([2H])c3[2H])c3c([2H])c([2H])c([2H])c([2H])c3[2H])c2-[n+]2[c-]n(-c3cccc(Oc4ccc5c6ccccc6n(-c6cc(C([2H])([2H])[2H])c(-c7c([2H])c([2H])c([2H])c([2H])c7[2H])cn6)c5c4)c3)c3cc(-c4c(C([2H])([2H])[2H])cccc4C([2H])([2H])[2H])ccc32)(c2c([2H])c([2H])c([2H])c([2H])c2[2H])c2c([2H])c([2H])c([2H])c([2H])c2[2H])c([2H])c([2H])c1[2H]. The van der Waals surface area contributed by atoms with Crippen molar-refractivity contribution < 1.29 is 75.1 Å². The molecule has 0 aliphatic carbocycles. The molecule has 476 valence electrons. The highest BCUT2D eigenvalue weighted by Crippen LogP contribution is 2.38. The van der Waals surface area contributed by atoms with Crippen LogP contribution in [0.25, 0.3) is 83.4 Å². The van der Waals surface area contributed by atoms with Crippen molar-refractivity contribution in [2.75, 3.05) is 0 Å². The molecule has 100 heavy (non-hydrogen) atoms. The number of hydrogen-bond donors (Lipinski definition) is 0. The third-order valence-electron chi connectivity index (χ3n) is 17.1. The Hall–Kier alpha value is -12.3. The summed E-state index contributed by atoms with van der Waals surface area (Å²) in [5, 5.41) is -9.65. The van der Waals surface area contributed by atoms with Gasteiger partial charge in [-0.25, -0.2) is 4.98 Å². The maximum atomic E-state index is 10.6. The molecule has 0 amide bonds. The van der Waals surface area contributed by atoms with Gasteiger partial charge in [0.1, 0.15) is 17.3 Å². The summed E-state index contributed by atoms with van der Waals surface area (Å²) in [5.41, 5.74) is -7.66. The van der Waals surface area contributed by atoms with Crippen LogP contribution in [0.1, 0.15) is 82.5 Å². The molecule has 17 aromatic rings. The van der Waals surface area contributed by atoms with Gasteiger partial charge in [0.2, 0.25) is 0 Å². The lowest BCUT2D eigenvalue weighted by molar-refractivity contribution is -0.570. The van der Waals surface area contributed by atoms with Gasteiger partial charge in [0.15, 0.2) is 16.1 Å². The summed E-state index contributed by atoms with van der Waals surface area (Å²) in [4.78, 5) is 4.69. The van der Waals surface area contributed by atoms with Gasteiger partial charge >= 0.3 is 0 Å². The van der Waals surface area contributed by atoms with Crippen LogP contribution in [0.5, 0.6) is 11.5 Å². The summed E-state index contributed by atoms with van der Waals surface area (Å²) in [6.07, 6.45) is 4.24. The average Bonchev–Trinajstić information content (AvgIpc) is 0.873. The molecule has 0 saturated carbocycles. The molecule has 0 atom stereocenters. The van der Waals surface area contributed by atoms with Crippen LogP contribution in [0.3, 0.4) is 0 Å². The smallest absolute Gasteiger partial charge is 0.269 e. The van der Waals surface area contributed by atoms with E-state index < -0.39 is 370 Å². The molecule has 0 fully saturated rings. The number of fused-ring (bicyclic) bond motifs is 4. The van der Waals surface area contributed by atoms with E-state index in [9.17, 15) is 45.2 Å². The number of rotatable bonds is 16. The molecule has 0 bridgehead atoms. The van der Waals surface area contributed by atoms with Crippen molar-refractivity contribution in [3.63, 3.8) is 0 Å². The second kappa shape index (κ2) is 26.0. The molecule has 5 nitrogen and oxygen atoms in total. The summed E-state index contributed by atoms with van der Waals surface area (Å²) in [5.74, 6) is -0.379. The van der Waals surface area contributed by atoms with Crippen molar-refractivity contribution in [2.45, 2.75) is 20.6 Å². The Labute approximate surface area is 653 Å². The molecule has 0 N–H and O–H groups in total. The topological polar surface area (TPSA) is 35.9 Å². The Balaban J connectivity index is 1.16. The van der Waals surface area contributed by atoms with E-state index in [1.807, 2.05) is 0 Å². The lowest BCUT2D eigenvalue weighted by atomic mass is 9.95. The van der Waals surface area contributed by atoms with E-state index >= 15 is 0 Å². The normalized spacial score (nSPS) is 18.9. The molecule has 3 heterocycles. The number of aryl methyl sites for hydroxylation is 3. The van der Waals surface area contributed by atoms with Crippen molar-refractivity contribution in [3.05, 3.63) is 392 Å². The number of pyridine rings is 1. The van der Waals surface area contributed by atoms with Crippen LogP contribution in [0.2, 0.25) is 0 Å². The van der Waals surface area contributed by atoms with Gasteiger partial charge in [-0.15, -0.1) is 0 Å². The van der Waals surface area contributed by atoms with Crippen molar-refractivity contribution in [3.8, 4) is 62.1 Å². The van der Waals surface area contributed by atoms with Gasteiger partial charge in [-0.05, 0) is 155 Å². The maximum Gasteiger partial charge on any atom is 0.269 e. The Morgan fingerprint density at radius 2 is 0.900 bits per heavy atom. The van der Waals surface area contributed by atoms with Crippen LogP contribution in [-0.4, -0.2) is 30.3 Å². The highest BCUT2D eigenvalue weighted by atomic mass is 28.3. The molecular weight excluding hydrogens is 1250 g/mol. The van der Waals surface area contributed by atoms with E-state index in [0.29, 0.717) is 28.4 Å². The van der Waals surface area contributed by atoms with Crippen LogP contribution in [0.4, 0.5) is 0 Å².